The van der Waals surface area contributed by atoms with Gasteiger partial charge in [-0.3, -0.25) is 4.99 Å². The van der Waals surface area contributed by atoms with Crippen molar-refractivity contribution in [2.75, 3.05) is 14.2 Å². The van der Waals surface area contributed by atoms with E-state index in [1.54, 1.807) is 25.5 Å². The zero-order chi connectivity index (χ0) is 16.7. The van der Waals surface area contributed by atoms with Gasteiger partial charge >= 0.3 is 0 Å². The minimum atomic E-state index is 0.469. The van der Waals surface area contributed by atoms with E-state index >= 15 is 0 Å². The van der Waals surface area contributed by atoms with Crippen molar-refractivity contribution in [1.82, 2.24) is 15.6 Å². The lowest BCUT2D eigenvalue weighted by Gasteiger charge is -2.13. The molecule has 5 nitrogen and oxygen atoms in total. The highest BCUT2D eigenvalue weighted by Gasteiger charge is 2.07. The van der Waals surface area contributed by atoms with Crippen LogP contribution in [0.4, 0.5) is 0 Å². The molecule has 0 fully saturated rings. The molecule has 0 saturated carbocycles. The number of thiazole rings is 1. The molecule has 1 aromatic heterocycles. The second-order valence-electron chi connectivity index (χ2n) is 5.42. The molecule has 0 aliphatic rings. The van der Waals surface area contributed by atoms with Gasteiger partial charge in [-0.1, -0.05) is 32.0 Å². The molecule has 1 heterocycles. The third-order valence-corrected chi connectivity index (χ3v) is 4.56. The number of nitrogens with zero attached hydrogens (tertiary/aromatic N) is 2. The van der Waals surface area contributed by atoms with Crippen LogP contribution in [0, 0.1) is 0 Å². The largest absolute Gasteiger partial charge is 0.496 e. The van der Waals surface area contributed by atoms with Gasteiger partial charge in [0.2, 0.25) is 0 Å². The van der Waals surface area contributed by atoms with Gasteiger partial charge in [0.25, 0.3) is 0 Å². The lowest BCUT2D eigenvalue weighted by Crippen LogP contribution is -2.36. The highest BCUT2D eigenvalue weighted by molar-refractivity contribution is 7.09. The summed E-state index contributed by atoms with van der Waals surface area (Å²) in [6.45, 7) is 5.63. The van der Waals surface area contributed by atoms with Crippen molar-refractivity contribution in [3.05, 3.63) is 45.9 Å². The van der Waals surface area contributed by atoms with Crippen molar-refractivity contribution in [3.8, 4) is 5.75 Å². The Morgan fingerprint density at radius 3 is 2.65 bits per heavy atom. The molecule has 1 aromatic carbocycles. The zero-order valence-electron chi connectivity index (χ0n) is 14.1. The maximum absolute atomic E-state index is 5.36. The van der Waals surface area contributed by atoms with Gasteiger partial charge in [0.05, 0.1) is 24.4 Å². The summed E-state index contributed by atoms with van der Waals surface area (Å²) in [5, 5.41) is 9.84. The van der Waals surface area contributed by atoms with Gasteiger partial charge in [-0.2, -0.15) is 0 Å². The molecule has 0 aliphatic heterocycles. The molecule has 2 aromatic rings. The Kier molecular flexibility index (Phi) is 6.40. The zero-order valence-corrected chi connectivity index (χ0v) is 14.9. The number of hydrogen-bond acceptors (Lipinski definition) is 4. The third-order valence-electron chi connectivity index (χ3n) is 3.36. The summed E-state index contributed by atoms with van der Waals surface area (Å²) in [6.07, 6.45) is 0. The number of aromatic nitrogens is 1. The number of aliphatic imine (C=N–C) groups is 1. The first kappa shape index (κ1) is 17.3. The average molecular weight is 332 g/mol. The first-order valence-electron chi connectivity index (χ1n) is 7.64. The third kappa shape index (κ3) is 4.96. The smallest absolute Gasteiger partial charge is 0.191 e. The lowest BCUT2D eigenvalue weighted by molar-refractivity contribution is 0.409. The number of guanidine groups is 1. The molecule has 0 radical (unpaired) electrons. The minimum Gasteiger partial charge on any atom is -0.496 e. The first-order chi connectivity index (χ1) is 11.1. The molecule has 0 saturated heterocycles. The van der Waals surface area contributed by atoms with Crippen LogP contribution in [-0.4, -0.2) is 25.1 Å². The van der Waals surface area contributed by atoms with Crippen molar-refractivity contribution in [1.29, 1.82) is 0 Å². The summed E-state index contributed by atoms with van der Waals surface area (Å²) in [5.41, 5.74) is 2.13. The average Bonchev–Trinajstić information content (AvgIpc) is 3.04. The molecule has 0 aliphatic carbocycles. The number of para-hydroxylation sites is 1. The second kappa shape index (κ2) is 8.53. The monoisotopic (exact) mass is 332 g/mol. The Labute approximate surface area is 141 Å². The summed E-state index contributed by atoms with van der Waals surface area (Å²) < 4.78 is 5.36. The molecule has 0 amide bonds. The van der Waals surface area contributed by atoms with Gasteiger partial charge < -0.3 is 15.4 Å². The normalized spacial score (nSPS) is 11.6. The Morgan fingerprint density at radius 1 is 1.26 bits per heavy atom. The van der Waals surface area contributed by atoms with Crippen LogP contribution in [0.25, 0.3) is 0 Å². The van der Waals surface area contributed by atoms with Crippen LogP contribution in [0.1, 0.15) is 36.0 Å². The Morgan fingerprint density at radius 2 is 2.00 bits per heavy atom. The van der Waals surface area contributed by atoms with E-state index in [1.807, 2.05) is 24.3 Å². The Hall–Kier alpha value is -2.08. The van der Waals surface area contributed by atoms with E-state index in [4.69, 9.17) is 4.74 Å². The summed E-state index contributed by atoms with van der Waals surface area (Å²) in [7, 11) is 3.44. The fourth-order valence-electron chi connectivity index (χ4n) is 2.09. The van der Waals surface area contributed by atoms with Gasteiger partial charge in [-0.25, -0.2) is 4.98 Å². The van der Waals surface area contributed by atoms with Crippen LogP contribution in [0.5, 0.6) is 5.75 Å². The molecule has 23 heavy (non-hydrogen) atoms. The highest BCUT2D eigenvalue weighted by atomic mass is 32.1. The van der Waals surface area contributed by atoms with Gasteiger partial charge in [-0.05, 0) is 6.07 Å². The van der Waals surface area contributed by atoms with Gasteiger partial charge in [0, 0.05) is 30.5 Å². The number of rotatable bonds is 6. The van der Waals surface area contributed by atoms with E-state index in [0.717, 1.165) is 23.0 Å². The number of methoxy groups -OCH3 is 1. The van der Waals surface area contributed by atoms with Crippen LogP contribution in [0.2, 0.25) is 0 Å². The van der Waals surface area contributed by atoms with Crippen molar-refractivity contribution < 1.29 is 4.74 Å². The van der Waals surface area contributed by atoms with E-state index in [1.165, 1.54) is 5.01 Å². The number of nitrogens with one attached hydrogen (secondary N) is 2. The van der Waals surface area contributed by atoms with Gasteiger partial charge in [0.1, 0.15) is 5.75 Å². The van der Waals surface area contributed by atoms with Crippen LogP contribution >= 0.6 is 11.3 Å². The first-order valence-corrected chi connectivity index (χ1v) is 8.52. The predicted octanol–water partition coefficient (Wildman–Crippen LogP) is 3.14. The fraction of sp³-hybridized carbons (Fsp3) is 0.412. The SMILES string of the molecule is CN=C(NCc1csc(C(C)C)n1)NCc1ccccc1OC. The number of benzene rings is 1. The summed E-state index contributed by atoms with van der Waals surface area (Å²) in [4.78, 5) is 8.86. The van der Waals surface area contributed by atoms with E-state index in [9.17, 15) is 0 Å². The molecule has 0 bridgehead atoms. The molecule has 6 heteroatoms. The van der Waals surface area contributed by atoms with Gasteiger partial charge in [-0.15, -0.1) is 11.3 Å². The topological polar surface area (TPSA) is 58.5 Å². The van der Waals surface area contributed by atoms with Crippen molar-refractivity contribution in [3.63, 3.8) is 0 Å². The van der Waals surface area contributed by atoms with Crippen molar-refractivity contribution in [2.45, 2.75) is 32.9 Å². The van der Waals surface area contributed by atoms with Gasteiger partial charge in [0.15, 0.2) is 5.96 Å². The van der Waals surface area contributed by atoms with E-state index in [-0.39, 0.29) is 0 Å². The highest BCUT2D eigenvalue weighted by Crippen LogP contribution is 2.19. The maximum Gasteiger partial charge on any atom is 0.191 e. The molecule has 2 N–H and O–H groups in total. The molecular formula is C17H24N4OS. The predicted molar refractivity (Wildman–Crippen MR) is 96.2 cm³/mol. The molecule has 0 atom stereocenters. The molecule has 2 rings (SSSR count). The summed E-state index contributed by atoms with van der Waals surface area (Å²) in [6, 6.07) is 7.95. The Bertz CT molecular complexity index is 652. The van der Waals surface area contributed by atoms with Crippen LogP contribution < -0.4 is 15.4 Å². The summed E-state index contributed by atoms with van der Waals surface area (Å²) in [5.74, 6) is 2.09. The van der Waals surface area contributed by atoms with E-state index < -0.39 is 0 Å². The number of ether oxygens (including phenoxy) is 1. The quantitative estimate of drug-likeness (QED) is 0.630. The minimum absolute atomic E-state index is 0.469. The van der Waals surface area contributed by atoms with Crippen LogP contribution in [0.15, 0.2) is 34.6 Å². The van der Waals surface area contributed by atoms with Crippen LogP contribution in [0.3, 0.4) is 0 Å². The molecule has 124 valence electrons. The molecule has 0 spiro atoms. The fourth-order valence-corrected chi connectivity index (χ4v) is 2.93. The van der Waals surface area contributed by atoms with E-state index in [2.05, 4.69) is 39.8 Å². The lowest BCUT2D eigenvalue weighted by atomic mass is 10.2. The standard InChI is InChI=1S/C17H24N4OS/c1-12(2)16-21-14(11-23-16)10-20-17(18-3)19-9-13-7-5-6-8-15(13)22-4/h5-8,11-12H,9-10H2,1-4H3,(H2,18,19,20). The van der Waals surface area contributed by atoms with Crippen molar-refractivity contribution >= 4 is 17.3 Å². The maximum atomic E-state index is 5.36. The van der Waals surface area contributed by atoms with E-state index in [0.29, 0.717) is 19.0 Å². The number of hydrogen-bond donors (Lipinski definition) is 2. The molecule has 0 unspecified atom stereocenters. The Balaban J connectivity index is 1.88. The van der Waals surface area contributed by atoms with Crippen molar-refractivity contribution in [2.24, 2.45) is 4.99 Å². The summed E-state index contributed by atoms with van der Waals surface area (Å²) >= 11 is 1.70. The van der Waals surface area contributed by atoms with Crippen LogP contribution in [-0.2, 0) is 13.1 Å². The second-order valence-corrected chi connectivity index (χ2v) is 6.31. The molecular weight excluding hydrogens is 308 g/mol.